The molecule has 0 spiro atoms. The number of carbonyl (C=O) groups is 2. The van der Waals surface area contributed by atoms with Crippen LogP contribution in [-0.4, -0.2) is 92.5 Å². The lowest BCUT2D eigenvalue weighted by Gasteiger charge is -2.19. The number of phenolic OH excluding ortho intramolecular Hbond substituents is 3. The fourth-order valence-corrected chi connectivity index (χ4v) is 11.5. The van der Waals surface area contributed by atoms with Gasteiger partial charge in [-0.3, -0.25) is 9.59 Å². The van der Waals surface area contributed by atoms with Crippen LogP contribution in [0, 0.1) is 32.1 Å². The highest BCUT2D eigenvalue weighted by Gasteiger charge is 2.20. The number of aldehydes is 2. The van der Waals surface area contributed by atoms with Crippen LogP contribution >= 0.6 is 108 Å². The van der Waals surface area contributed by atoms with Crippen LogP contribution in [0.1, 0.15) is 130 Å². The molecule has 0 aliphatic carbocycles. The Kier molecular flexibility index (Phi) is 53.8. The highest BCUT2D eigenvalue weighted by Crippen LogP contribution is 2.37. The Hall–Kier alpha value is -8.96. The molecule has 0 fully saturated rings. The highest BCUT2D eigenvalue weighted by molar-refractivity contribution is 9.11. The second-order valence-electron chi connectivity index (χ2n) is 22.4. The predicted molar refractivity (Wildman–Crippen MR) is 476 cm³/mol. The van der Waals surface area contributed by atoms with Gasteiger partial charge in [0, 0.05) is 120 Å². The molecule has 0 aliphatic rings. The summed E-state index contributed by atoms with van der Waals surface area (Å²) in [5, 5.41) is 35.2. The lowest BCUT2D eigenvalue weighted by molar-refractivity contribution is -0.141. The summed E-state index contributed by atoms with van der Waals surface area (Å²) in [5.41, 5.74) is 6.56. The van der Waals surface area contributed by atoms with Gasteiger partial charge in [-0.25, -0.2) is 23.8 Å². The van der Waals surface area contributed by atoms with Gasteiger partial charge in [0.05, 0.1) is 26.3 Å². The SMILES string of the molecule is CCO.CCOC(OCC)c1cc(O)ccc1Br.CCOC(OCC)c1cc(O)ccc1Br.Cl.O=Cc1cc(O)ccc1Br.[C-]#[N+]c1ccc(F)cc1.[C-]#[N+]c1ccc(Oc2ccc(Br)c(C(OCC)OCC)c2)cc1.[C-]#[N+]c1ccc(Oc2ccc(Br)c(C(OCC)OCC)c2)cc1.[C-]#[N+]c1ccc(Oc2ccc(Br)c(C=O)c2)cc1. The van der Waals surface area contributed by atoms with Gasteiger partial charge >= 0.3 is 0 Å². The van der Waals surface area contributed by atoms with E-state index in [1.54, 1.807) is 140 Å². The third-order valence-electron chi connectivity index (χ3n) is 14.2. The molecule has 10 aromatic rings. The lowest BCUT2D eigenvalue weighted by atomic mass is 10.2. The number of hydrogen-bond donors (Lipinski definition) is 4. The standard InChI is InChI=1S/2C18H18BrNO3.C14H8BrNO2.2C11H15BrO3.C7H5BrO2.C7H4FN.C2H6O.ClH/c2*1-4-21-18(22-5-2)16-12-15(10-11-17(16)19)23-14-8-6-13(20-3)7-9-14;1-16-11-2-4-12(5-3-11)18-13-6-7-14(15)10(8-13)9-17;2*1-3-14-11(15-4-2)9-7-8(13)5-6-10(9)12;8-7-2-1-6(10)3-5(7)4-9;1-9-7-4-2-6(8)3-5-7;1-2-3;/h2*6-12,18H,4-5H2,1-2H3;2-9H;2*5-7,11,13H,3-4H2,1-2H3;1-4,10H;2-5H;3H,2H2,1H3;1H. The van der Waals surface area contributed by atoms with Gasteiger partial charge in [0.1, 0.15) is 57.6 Å². The fraction of sp³-hybridized carbons (Fsp3) is 0.250. The maximum absolute atomic E-state index is 12.1. The maximum Gasteiger partial charge on any atom is 0.187 e. The molecule has 0 amide bonds. The summed E-state index contributed by atoms with van der Waals surface area (Å²) in [6, 6.07) is 57.3. The Bertz CT molecular complexity index is 4540. The molecule has 0 aliphatic heterocycles. The minimum Gasteiger partial charge on any atom is -0.508 e. The van der Waals surface area contributed by atoms with Crippen molar-refractivity contribution in [3.05, 3.63) is 318 Å². The summed E-state index contributed by atoms with van der Waals surface area (Å²) in [6.07, 6.45) is -0.286. The molecule has 29 heteroatoms. The number of hydrogen-bond acceptors (Lipinski definition) is 17. The van der Waals surface area contributed by atoms with Gasteiger partial charge in [-0.1, -0.05) is 144 Å². The van der Waals surface area contributed by atoms with Gasteiger partial charge in [-0.05, 0) is 220 Å². The number of phenols is 3. The quantitative estimate of drug-likeness (QED) is 0.0203. The van der Waals surface area contributed by atoms with Crippen LogP contribution in [0.2, 0.25) is 0 Å². The zero-order valence-electron chi connectivity index (χ0n) is 65.4. The molecule has 21 nitrogen and oxygen atoms in total. The van der Waals surface area contributed by atoms with Crippen LogP contribution in [0.15, 0.2) is 233 Å². The van der Waals surface area contributed by atoms with Crippen molar-refractivity contribution in [3.8, 4) is 51.7 Å². The second kappa shape index (κ2) is 60.5. The summed E-state index contributed by atoms with van der Waals surface area (Å²) < 4.78 is 78.7. The van der Waals surface area contributed by atoms with Crippen molar-refractivity contribution in [2.75, 3.05) is 59.5 Å². The first-order valence-electron chi connectivity index (χ1n) is 35.8. The largest absolute Gasteiger partial charge is 0.508 e. The number of benzene rings is 10. The topological polar surface area (TPSA) is 234 Å². The average molecular weight is 2010 g/mol. The normalized spacial score (nSPS) is 10.0. The molecular weight excluding hydrogens is 1920 g/mol. The van der Waals surface area contributed by atoms with E-state index in [4.69, 9.17) is 88.6 Å². The van der Waals surface area contributed by atoms with Gasteiger partial charge < -0.3 is 72.5 Å². The number of rotatable bonds is 28. The Morgan fingerprint density at radius 3 is 0.769 bits per heavy atom. The first-order chi connectivity index (χ1) is 55.9. The molecule has 0 radical (unpaired) electrons. The van der Waals surface area contributed by atoms with Gasteiger partial charge in [0.2, 0.25) is 0 Å². The third-order valence-corrected chi connectivity index (χ3v) is 18.5. The predicted octanol–water partition coefficient (Wildman–Crippen LogP) is 27.5. The van der Waals surface area contributed by atoms with Crippen LogP contribution in [-0.2, 0) is 37.9 Å². The number of halogens is 8. The molecule has 10 rings (SSSR count). The summed E-state index contributed by atoms with van der Waals surface area (Å²) in [6.45, 7) is 49.0. The van der Waals surface area contributed by atoms with E-state index in [1.165, 1.54) is 36.4 Å². The van der Waals surface area contributed by atoms with Gasteiger partial charge in [-0.15, -0.1) is 12.4 Å². The average Bonchev–Trinajstić information content (AvgIpc) is 0.840. The molecule has 0 heterocycles. The lowest BCUT2D eigenvalue weighted by Crippen LogP contribution is -2.09. The van der Waals surface area contributed by atoms with Crippen molar-refractivity contribution in [1.29, 1.82) is 0 Å². The van der Waals surface area contributed by atoms with E-state index < -0.39 is 25.2 Å². The van der Waals surface area contributed by atoms with Gasteiger partial charge in [0.25, 0.3) is 0 Å². The number of nitrogens with zero attached hydrogens (tertiary/aromatic N) is 4. The van der Waals surface area contributed by atoms with Gasteiger partial charge in [-0.2, -0.15) is 0 Å². The molecule has 0 aromatic heterocycles. The van der Waals surface area contributed by atoms with Gasteiger partial charge in [0.15, 0.2) is 60.5 Å². The summed E-state index contributed by atoms with van der Waals surface area (Å²) in [5.74, 6) is 4.14. The first-order valence-corrected chi connectivity index (χ1v) is 40.6. The number of ether oxygens (including phenoxy) is 11. The Labute approximate surface area is 740 Å². The Balaban J connectivity index is 0.000000468. The minimum atomic E-state index is -0.438. The molecule has 4 N–H and O–H groups in total. The molecular formula is C88H90Br6ClFN4O17. The molecule has 0 atom stereocenters. The molecule has 0 unspecified atom stereocenters. The van der Waals surface area contributed by atoms with E-state index in [2.05, 4.69) is 115 Å². The van der Waals surface area contributed by atoms with E-state index in [1.807, 2.05) is 91.8 Å². The molecule has 0 saturated carbocycles. The van der Waals surface area contributed by atoms with Crippen LogP contribution < -0.4 is 14.2 Å². The number of aliphatic hydroxyl groups excluding tert-OH is 1. The maximum atomic E-state index is 12.1. The highest BCUT2D eigenvalue weighted by atomic mass is 79.9. The zero-order valence-corrected chi connectivity index (χ0v) is 75.7. The summed E-state index contributed by atoms with van der Waals surface area (Å²) in [4.78, 5) is 34.2. The summed E-state index contributed by atoms with van der Waals surface area (Å²) >= 11 is 20.3. The van der Waals surface area contributed by atoms with Crippen molar-refractivity contribution in [3.63, 3.8) is 0 Å². The van der Waals surface area contributed by atoms with Crippen molar-refractivity contribution in [1.82, 2.24) is 0 Å². The minimum absolute atomic E-state index is 0. The van der Waals surface area contributed by atoms with Crippen LogP contribution in [0.4, 0.5) is 27.1 Å². The fourth-order valence-electron chi connectivity index (χ4n) is 9.06. The van der Waals surface area contributed by atoms with Crippen LogP contribution in [0.3, 0.4) is 0 Å². The Morgan fingerprint density at radius 1 is 0.316 bits per heavy atom. The second-order valence-corrected chi connectivity index (χ2v) is 27.5. The number of carbonyl (C=O) groups excluding carboxylic acids is 2. The van der Waals surface area contributed by atoms with E-state index >= 15 is 0 Å². The molecule has 0 saturated heterocycles. The van der Waals surface area contributed by atoms with E-state index in [0.717, 1.165) is 50.9 Å². The van der Waals surface area contributed by atoms with E-state index in [0.29, 0.717) is 132 Å². The summed E-state index contributed by atoms with van der Waals surface area (Å²) in [7, 11) is 0. The third kappa shape index (κ3) is 39.4. The van der Waals surface area contributed by atoms with E-state index in [-0.39, 0.29) is 42.1 Å². The monoisotopic (exact) mass is 2000 g/mol. The van der Waals surface area contributed by atoms with Crippen LogP contribution in [0.25, 0.3) is 19.4 Å². The van der Waals surface area contributed by atoms with Crippen molar-refractivity contribution >= 4 is 143 Å². The zero-order chi connectivity index (χ0) is 85.7. The first kappa shape index (κ1) is 104. The number of aliphatic hydroxyl groups is 1. The molecule has 0 bridgehead atoms. The molecule has 117 heavy (non-hydrogen) atoms. The van der Waals surface area contributed by atoms with Crippen molar-refractivity contribution < 1.29 is 86.5 Å². The van der Waals surface area contributed by atoms with Crippen molar-refractivity contribution in [2.24, 2.45) is 0 Å². The smallest absolute Gasteiger partial charge is 0.187 e. The number of aromatic hydroxyl groups is 3. The van der Waals surface area contributed by atoms with Crippen LogP contribution in [0.5, 0.6) is 51.7 Å². The van der Waals surface area contributed by atoms with E-state index in [9.17, 15) is 24.2 Å². The molecule has 620 valence electrons. The molecule has 10 aromatic carbocycles. The van der Waals surface area contributed by atoms with Crippen molar-refractivity contribution in [2.45, 2.75) is 87.5 Å². The Morgan fingerprint density at radius 2 is 0.521 bits per heavy atom.